The number of likely N-dealkylation sites (N-methyl/N-ethyl adjacent to an activating group) is 1. The lowest BCUT2D eigenvalue weighted by Crippen LogP contribution is -2.52. The number of hydrogen-bond acceptors (Lipinski definition) is 4. The highest BCUT2D eigenvalue weighted by Crippen LogP contribution is 2.30. The quantitative estimate of drug-likeness (QED) is 0.289. The molecule has 0 fully saturated rings. The zero-order valence-corrected chi connectivity index (χ0v) is 25.7. The van der Waals surface area contributed by atoms with E-state index in [1.807, 2.05) is 26.8 Å². The predicted molar refractivity (Wildman–Crippen MR) is 161 cm³/mol. The monoisotopic (exact) mass is 603 g/mol. The number of carbonyl (C=O) groups is 2. The van der Waals surface area contributed by atoms with Crippen molar-refractivity contribution in [1.82, 2.24) is 10.2 Å². The van der Waals surface area contributed by atoms with Crippen molar-refractivity contribution in [2.24, 2.45) is 0 Å². The van der Waals surface area contributed by atoms with Gasteiger partial charge in [0.05, 0.1) is 10.6 Å². The molecule has 214 valence electrons. The van der Waals surface area contributed by atoms with Crippen LogP contribution in [0.25, 0.3) is 0 Å². The number of carbonyl (C=O) groups excluding carboxylic acids is 2. The first-order valence-electron chi connectivity index (χ1n) is 13.1. The van der Waals surface area contributed by atoms with Gasteiger partial charge in [-0.1, -0.05) is 66.0 Å². The summed E-state index contributed by atoms with van der Waals surface area (Å²) in [6.07, 6.45) is 0.316. The summed E-state index contributed by atoms with van der Waals surface area (Å²) in [6, 6.07) is 15.9. The molecular weight excluding hydrogens is 569 g/mol. The van der Waals surface area contributed by atoms with Crippen molar-refractivity contribution in [3.8, 4) is 0 Å². The van der Waals surface area contributed by atoms with Crippen LogP contribution in [0.3, 0.4) is 0 Å². The van der Waals surface area contributed by atoms with Gasteiger partial charge in [-0.2, -0.15) is 0 Å². The Kier molecular flexibility index (Phi) is 10.6. The summed E-state index contributed by atoms with van der Waals surface area (Å²) in [4.78, 5) is 28.6. The smallest absolute Gasteiger partial charge is 0.264 e. The van der Waals surface area contributed by atoms with Crippen LogP contribution in [0.1, 0.15) is 42.5 Å². The van der Waals surface area contributed by atoms with Crippen molar-refractivity contribution in [2.75, 3.05) is 17.4 Å². The molecule has 3 aromatic carbocycles. The Morgan fingerprint density at radius 3 is 2.23 bits per heavy atom. The third-order valence-corrected chi connectivity index (χ3v) is 9.19. The SMILES string of the molecule is CCNC(=O)[C@H](CC)N(Cc1ccc(Cl)cc1Cl)C(=O)CN(c1cccc(C)c1C)S(=O)(=O)c1ccc(C)cc1. The Balaban J connectivity index is 2.12. The van der Waals surface area contributed by atoms with E-state index in [0.717, 1.165) is 21.0 Å². The molecule has 40 heavy (non-hydrogen) atoms. The highest BCUT2D eigenvalue weighted by atomic mass is 35.5. The largest absolute Gasteiger partial charge is 0.355 e. The molecular formula is C30H35Cl2N3O4S. The number of amides is 2. The molecule has 0 bridgehead atoms. The molecule has 0 heterocycles. The second kappa shape index (κ2) is 13.5. The van der Waals surface area contributed by atoms with E-state index in [2.05, 4.69) is 5.32 Å². The standard InChI is InChI=1S/C30H35Cl2N3O4S/c1-6-27(30(37)33-7-2)34(18-23-13-14-24(31)17-26(23)32)29(36)19-35(28-10-8-9-21(4)22(28)5)40(38,39)25-15-11-20(3)12-16-25/h8-17,27H,6-7,18-19H2,1-5H3,(H,33,37)/t27-/m0/s1. The minimum absolute atomic E-state index is 0.00427. The van der Waals surface area contributed by atoms with Crippen LogP contribution in [-0.4, -0.2) is 44.3 Å². The van der Waals surface area contributed by atoms with Crippen LogP contribution >= 0.6 is 23.2 Å². The molecule has 0 aromatic heterocycles. The Labute approximate surface area is 247 Å². The number of sulfonamides is 1. The van der Waals surface area contributed by atoms with Crippen LogP contribution in [0, 0.1) is 20.8 Å². The fraction of sp³-hybridized carbons (Fsp3) is 0.333. The van der Waals surface area contributed by atoms with E-state index in [4.69, 9.17) is 23.2 Å². The molecule has 0 aliphatic heterocycles. The van der Waals surface area contributed by atoms with Gasteiger partial charge in [-0.3, -0.25) is 13.9 Å². The minimum Gasteiger partial charge on any atom is -0.355 e. The fourth-order valence-corrected chi connectivity index (χ4v) is 6.34. The molecule has 0 saturated heterocycles. The van der Waals surface area contributed by atoms with Crippen molar-refractivity contribution in [3.63, 3.8) is 0 Å². The van der Waals surface area contributed by atoms with Crippen LogP contribution in [0.2, 0.25) is 10.0 Å². The van der Waals surface area contributed by atoms with Gasteiger partial charge in [0, 0.05) is 23.1 Å². The van der Waals surface area contributed by atoms with E-state index in [1.54, 1.807) is 56.3 Å². The van der Waals surface area contributed by atoms with Crippen molar-refractivity contribution in [1.29, 1.82) is 0 Å². The molecule has 3 rings (SSSR count). The first kappa shape index (κ1) is 31.5. The van der Waals surface area contributed by atoms with Crippen molar-refractivity contribution in [3.05, 3.63) is 93.0 Å². The zero-order valence-electron chi connectivity index (χ0n) is 23.4. The van der Waals surface area contributed by atoms with Crippen LogP contribution in [0.15, 0.2) is 65.6 Å². The van der Waals surface area contributed by atoms with E-state index < -0.39 is 28.5 Å². The van der Waals surface area contributed by atoms with E-state index in [-0.39, 0.29) is 17.3 Å². The van der Waals surface area contributed by atoms with Gasteiger partial charge < -0.3 is 10.2 Å². The summed E-state index contributed by atoms with van der Waals surface area (Å²) in [6.45, 7) is 9.04. The third kappa shape index (κ3) is 7.16. The Morgan fingerprint density at radius 1 is 0.950 bits per heavy atom. The van der Waals surface area contributed by atoms with E-state index in [9.17, 15) is 18.0 Å². The minimum atomic E-state index is -4.15. The number of rotatable bonds is 11. The van der Waals surface area contributed by atoms with Crippen LogP contribution < -0.4 is 9.62 Å². The Hall–Kier alpha value is -3.07. The number of anilines is 1. The molecule has 7 nitrogen and oxygen atoms in total. The summed E-state index contributed by atoms with van der Waals surface area (Å²) < 4.78 is 29.2. The fourth-order valence-electron chi connectivity index (χ4n) is 4.40. The highest BCUT2D eigenvalue weighted by molar-refractivity contribution is 7.92. The number of halogens is 2. The summed E-state index contributed by atoms with van der Waals surface area (Å²) in [5.74, 6) is -0.871. The van der Waals surface area contributed by atoms with Crippen LogP contribution in [-0.2, 0) is 26.2 Å². The molecule has 0 spiro atoms. The van der Waals surface area contributed by atoms with Gasteiger partial charge in [0.1, 0.15) is 12.6 Å². The van der Waals surface area contributed by atoms with E-state index in [0.29, 0.717) is 34.3 Å². The molecule has 1 N–H and O–H groups in total. The topological polar surface area (TPSA) is 86.8 Å². The number of aryl methyl sites for hydroxylation is 2. The Bertz CT molecular complexity index is 1480. The Morgan fingerprint density at radius 2 is 1.62 bits per heavy atom. The normalized spacial score (nSPS) is 12.1. The molecule has 3 aromatic rings. The number of hydrogen-bond donors (Lipinski definition) is 1. The molecule has 0 aliphatic carbocycles. The van der Waals surface area contributed by atoms with E-state index in [1.165, 1.54) is 17.0 Å². The lowest BCUT2D eigenvalue weighted by atomic mass is 10.1. The first-order chi connectivity index (χ1) is 18.9. The summed E-state index contributed by atoms with van der Waals surface area (Å²) in [5.41, 5.74) is 3.50. The molecule has 0 radical (unpaired) electrons. The first-order valence-corrected chi connectivity index (χ1v) is 15.3. The predicted octanol–water partition coefficient (Wildman–Crippen LogP) is 6.06. The molecule has 2 amide bonds. The highest BCUT2D eigenvalue weighted by Gasteiger charge is 2.34. The molecule has 0 saturated carbocycles. The van der Waals surface area contributed by atoms with Gasteiger partial charge >= 0.3 is 0 Å². The average molecular weight is 605 g/mol. The summed E-state index contributed by atoms with van der Waals surface area (Å²) in [5, 5.41) is 3.57. The van der Waals surface area contributed by atoms with Crippen molar-refractivity contribution < 1.29 is 18.0 Å². The number of nitrogens with one attached hydrogen (secondary N) is 1. The maximum absolute atomic E-state index is 14.1. The summed E-state index contributed by atoms with van der Waals surface area (Å²) >= 11 is 12.5. The molecule has 10 heteroatoms. The van der Waals surface area contributed by atoms with Crippen molar-refractivity contribution in [2.45, 2.75) is 58.5 Å². The van der Waals surface area contributed by atoms with E-state index >= 15 is 0 Å². The molecule has 0 aliphatic rings. The van der Waals surface area contributed by atoms with Gasteiger partial charge in [-0.25, -0.2) is 8.42 Å². The maximum Gasteiger partial charge on any atom is 0.264 e. The third-order valence-electron chi connectivity index (χ3n) is 6.83. The van der Waals surface area contributed by atoms with Crippen molar-refractivity contribution >= 4 is 50.7 Å². The summed E-state index contributed by atoms with van der Waals surface area (Å²) in [7, 11) is -4.15. The lowest BCUT2D eigenvalue weighted by molar-refractivity contribution is -0.140. The van der Waals surface area contributed by atoms with Gasteiger partial charge in [0.2, 0.25) is 11.8 Å². The zero-order chi connectivity index (χ0) is 29.6. The average Bonchev–Trinajstić information content (AvgIpc) is 2.90. The second-order valence-electron chi connectivity index (χ2n) is 9.62. The van der Waals surface area contributed by atoms with Gasteiger partial charge in [0.15, 0.2) is 0 Å². The van der Waals surface area contributed by atoms with Crippen LogP contribution in [0.4, 0.5) is 5.69 Å². The molecule has 0 unspecified atom stereocenters. The lowest BCUT2D eigenvalue weighted by Gasteiger charge is -2.34. The number of nitrogens with zero attached hydrogens (tertiary/aromatic N) is 2. The van der Waals surface area contributed by atoms with Gasteiger partial charge in [0.25, 0.3) is 10.0 Å². The van der Waals surface area contributed by atoms with Gasteiger partial charge in [-0.05, 0) is 81.1 Å². The second-order valence-corrected chi connectivity index (χ2v) is 12.3. The van der Waals surface area contributed by atoms with Crippen LogP contribution in [0.5, 0.6) is 0 Å². The van der Waals surface area contributed by atoms with Gasteiger partial charge in [-0.15, -0.1) is 0 Å². The maximum atomic E-state index is 14.1. The molecule has 1 atom stereocenters. The number of benzene rings is 3.